The van der Waals surface area contributed by atoms with Gasteiger partial charge in [0.1, 0.15) is 36.1 Å². The Kier molecular flexibility index (Phi) is 7.89. The maximum absolute atomic E-state index is 12.5. The Balaban J connectivity index is 2.06. The fraction of sp³-hybridized carbons (Fsp3) is 0.615. The molecule has 0 bridgehead atoms. The first-order chi connectivity index (χ1) is 16.3. The predicted molar refractivity (Wildman–Crippen MR) is 124 cm³/mol. The highest BCUT2D eigenvalue weighted by Crippen LogP contribution is 2.50. The van der Waals surface area contributed by atoms with Crippen LogP contribution in [-0.2, 0) is 42.9 Å². The molecule has 3 rings (SSSR count). The Morgan fingerprint density at radius 3 is 2.23 bits per heavy atom. The zero-order valence-corrected chi connectivity index (χ0v) is 21.1. The number of hydrogen-bond acceptors (Lipinski definition) is 9. The molecule has 0 amide bonds. The summed E-state index contributed by atoms with van der Waals surface area (Å²) in [6.45, 7) is 13.4. The molecule has 7 atom stereocenters. The standard InChI is InChI=1S/C26H34O9/c1-13-8-10-19(31-16(4)27)14(2)9-11-21(33-18(6)29)26(7)24(35-26)23-22(15(3)25(30)34-23)20(12-13)32-17(5)28/h8-9,19-24H,3,10-12H2,1-2,4-7H3/b13-8+,14-9+/t19-,20+,21+,22+,23+,24-,26-/m0/s1. The highest BCUT2D eigenvalue weighted by molar-refractivity contribution is 5.91. The van der Waals surface area contributed by atoms with Crippen molar-refractivity contribution < 1.29 is 42.9 Å². The van der Waals surface area contributed by atoms with Gasteiger partial charge in [-0.25, -0.2) is 4.79 Å². The summed E-state index contributed by atoms with van der Waals surface area (Å²) in [6, 6.07) is 0. The second kappa shape index (κ2) is 10.4. The molecule has 2 aliphatic heterocycles. The van der Waals surface area contributed by atoms with E-state index in [0.29, 0.717) is 19.3 Å². The van der Waals surface area contributed by atoms with E-state index in [9.17, 15) is 19.2 Å². The van der Waals surface area contributed by atoms with Gasteiger partial charge in [0.2, 0.25) is 0 Å². The molecule has 9 nitrogen and oxygen atoms in total. The smallest absolute Gasteiger partial charge is 0.334 e. The van der Waals surface area contributed by atoms with Crippen molar-refractivity contribution in [2.45, 2.75) is 96.9 Å². The van der Waals surface area contributed by atoms with E-state index < -0.39 is 65.9 Å². The van der Waals surface area contributed by atoms with Crippen molar-refractivity contribution in [2.75, 3.05) is 0 Å². The Morgan fingerprint density at radius 1 is 1.00 bits per heavy atom. The minimum atomic E-state index is -0.941. The lowest BCUT2D eigenvalue weighted by molar-refractivity contribution is -0.152. The van der Waals surface area contributed by atoms with Gasteiger partial charge in [0.25, 0.3) is 0 Å². The molecule has 0 saturated carbocycles. The number of epoxide rings is 1. The van der Waals surface area contributed by atoms with Gasteiger partial charge in [0, 0.05) is 45.6 Å². The van der Waals surface area contributed by atoms with Gasteiger partial charge in [-0.15, -0.1) is 0 Å². The number of carbonyl (C=O) groups is 4. The first-order valence-electron chi connectivity index (χ1n) is 11.7. The van der Waals surface area contributed by atoms with Crippen LogP contribution in [0.5, 0.6) is 0 Å². The van der Waals surface area contributed by atoms with Crippen LogP contribution in [0.15, 0.2) is 35.5 Å². The van der Waals surface area contributed by atoms with E-state index in [1.807, 2.05) is 26.0 Å². The molecule has 0 spiro atoms. The molecule has 0 aromatic rings. The van der Waals surface area contributed by atoms with Crippen LogP contribution in [0.2, 0.25) is 0 Å². The van der Waals surface area contributed by atoms with Crippen LogP contribution in [-0.4, -0.2) is 60.0 Å². The van der Waals surface area contributed by atoms with E-state index in [-0.39, 0.29) is 5.57 Å². The summed E-state index contributed by atoms with van der Waals surface area (Å²) in [5, 5.41) is 0. The van der Waals surface area contributed by atoms with E-state index >= 15 is 0 Å². The second-order valence-electron chi connectivity index (χ2n) is 9.66. The molecule has 0 aromatic heterocycles. The lowest BCUT2D eigenvalue weighted by Crippen LogP contribution is -2.41. The molecular formula is C26H34O9. The van der Waals surface area contributed by atoms with Crippen molar-refractivity contribution in [2.24, 2.45) is 5.92 Å². The van der Waals surface area contributed by atoms with E-state index in [1.54, 1.807) is 6.92 Å². The van der Waals surface area contributed by atoms with Gasteiger partial charge in [-0.1, -0.05) is 24.3 Å². The zero-order valence-electron chi connectivity index (χ0n) is 21.1. The Bertz CT molecular complexity index is 977. The Labute approximate surface area is 205 Å². The summed E-state index contributed by atoms with van der Waals surface area (Å²) in [5.41, 5.74) is 0.954. The average Bonchev–Trinajstić information content (AvgIpc) is 3.34. The van der Waals surface area contributed by atoms with Crippen molar-refractivity contribution >= 4 is 23.9 Å². The molecule has 0 radical (unpaired) electrons. The van der Waals surface area contributed by atoms with E-state index in [0.717, 1.165) is 11.1 Å². The van der Waals surface area contributed by atoms with Gasteiger partial charge >= 0.3 is 23.9 Å². The summed E-state index contributed by atoms with van der Waals surface area (Å²) < 4.78 is 28.5. The fourth-order valence-corrected chi connectivity index (χ4v) is 4.90. The summed E-state index contributed by atoms with van der Waals surface area (Å²) in [5.74, 6) is -2.60. The summed E-state index contributed by atoms with van der Waals surface area (Å²) >= 11 is 0. The highest BCUT2D eigenvalue weighted by atomic mass is 16.7. The molecule has 9 heteroatoms. The van der Waals surface area contributed by atoms with Crippen LogP contribution in [0, 0.1) is 5.92 Å². The monoisotopic (exact) mass is 490 g/mol. The topological polar surface area (TPSA) is 118 Å². The molecule has 0 unspecified atom stereocenters. The van der Waals surface area contributed by atoms with Gasteiger partial charge in [-0.05, 0) is 26.3 Å². The lowest BCUT2D eigenvalue weighted by atomic mass is 9.82. The van der Waals surface area contributed by atoms with Crippen molar-refractivity contribution in [3.63, 3.8) is 0 Å². The molecule has 1 aliphatic carbocycles. The average molecular weight is 491 g/mol. The molecule has 192 valence electrons. The molecule has 2 heterocycles. The number of hydrogen-bond donors (Lipinski definition) is 0. The van der Waals surface area contributed by atoms with Crippen molar-refractivity contribution in [3.05, 3.63) is 35.5 Å². The summed E-state index contributed by atoms with van der Waals surface area (Å²) in [6.07, 6.45) is 1.56. The van der Waals surface area contributed by atoms with Crippen LogP contribution in [0.1, 0.15) is 60.8 Å². The number of rotatable bonds is 3. The van der Waals surface area contributed by atoms with E-state index in [1.165, 1.54) is 20.8 Å². The third-order valence-electron chi connectivity index (χ3n) is 6.79. The molecule has 0 N–H and O–H groups in total. The van der Waals surface area contributed by atoms with Gasteiger partial charge in [0.05, 0.1) is 5.92 Å². The minimum absolute atomic E-state index is 0.205. The van der Waals surface area contributed by atoms with Crippen LogP contribution < -0.4 is 0 Å². The summed E-state index contributed by atoms with van der Waals surface area (Å²) in [7, 11) is 0. The number of fused-ring (bicyclic) bond motifs is 3. The maximum Gasteiger partial charge on any atom is 0.334 e. The molecule has 3 aliphatic rings. The number of esters is 4. The third kappa shape index (κ3) is 6.01. The fourth-order valence-electron chi connectivity index (χ4n) is 4.90. The Morgan fingerprint density at radius 2 is 1.63 bits per heavy atom. The van der Waals surface area contributed by atoms with Crippen molar-refractivity contribution in [1.29, 1.82) is 0 Å². The number of carbonyl (C=O) groups excluding carboxylic acids is 4. The van der Waals surface area contributed by atoms with Crippen LogP contribution in [0.4, 0.5) is 0 Å². The molecule has 2 fully saturated rings. The highest BCUT2D eigenvalue weighted by Gasteiger charge is 2.67. The van der Waals surface area contributed by atoms with Gasteiger partial charge in [-0.3, -0.25) is 14.4 Å². The van der Waals surface area contributed by atoms with Gasteiger partial charge in [-0.2, -0.15) is 0 Å². The van der Waals surface area contributed by atoms with Crippen molar-refractivity contribution in [1.82, 2.24) is 0 Å². The van der Waals surface area contributed by atoms with Crippen LogP contribution >= 0.6 is 0 Å². The quantitative estimate of drug-likeness (QED) is 0.193. The van der Waals surface area contributed by atoms with Gasteiger partial charge < -0.3 is 23.7 Å². The SMILES string of the molecule is C=C1C(=O)O[C@@H]2[C@H]1[C@H](OC(C)=O)C/C(C)=C/C[C@H](OC(C)=O)/C(C)=C/C[C@@H](OC(C)=O)[C@]1(C)O[C@@H]21. The number of ether oxygens (including phenoxy) is 5. The van der Waals surface area contributed by atoms with Crippen LogP contribution in [0.25, 0.3) is 0 Å². The lowest BCUT2D eigenvalue weighted by Gasteiger charge is -2.28. The Hall–Kier alpha value is -2.94. The van der Waals surface area contributed by atoms with E-state index in [2.05, 4.69) is 6.58 Å². The zero-order chi connectivity index (χ0) is 26.1. The normalized spacial score (nSPS) is 38.2. The largest absolute Gasteiger partial charge is 0.461 e. The molecule has 35 heavy (non-hydrogen) atoms. The van der Waals surface area contributed by atoms with E-state index in [4.69, 9.17) is 23.7 Å². The van der Waals surface area contributed by atoms with Crippen LogP contribution in [0.3, 0.4) is 0 Å². The van der Waals surface area contributed by atoms with Gasteiger partial charge in [0.15, 0.2) is 0 Å². The van der Waals surface area contributed by atoms with Crippen molar-refractivity contribution in [3.8, 4) is 0 Å². The predicted octanol–water partition coefficient (Wildman–Crippen LogP) is 3.11. The molecular weight excluding hydrogens is 456 g/mol. The first kappa shape index (κ1) is 26.7. The molecule has 2 saturated heterocycles. The first-order valence-corrected chi connectivity index (χ1v) is 11.7. The summed E-state index contributed by atoms with van der Waals surface area (Å²) in [4.78, 5) is 48.1. The third-order valence-corrected chi connectivity index (χ3v) is 6.79. The second-order valence-corrected chi connectivity index (χ2v) is 9.66. The maximum atomic E-state index is 12.5. The minimum Gasteiger partial charge on any atom is -0.461 e. The molecule has 0 aromatic carbocycles.